The van der Waals surface area contributed by atoms with E-state index in [1.165, 1.54) is 20.8 Å². The Morgan fingerprint density at radius 2 is 1.80 bits per heavy atom. The quantitative estimate of drug-likeness (QED) is 0.540. The number of alkyl halides is 2. The van der Waals surface area contributed by atoms with Gasteiger partial charge in [0.05, 0.1) is 6.61 Å². The lowest BCUT2D eigenvalue weighted by atomic mass is 10.0. The number of aliphatic carboxylic acids is 1. The molecule has 0 saturated carbocycles. The number of hydrogen-bond acceptors (Lipinski definition) is 5. The second kappa shape index (κ2) is 7.76. The monoisotopic (exact) mass is 296 g/mol. The molecule has 0 aliphatic heterocycles. The van der Waals surface area contributed by atoms with E-state index >= 15 is 0 Å². The van der Waals surface area contributed by atoms with Crippen molar-refractivity contribution in [3.05, 3.63) is 0 Å². The van der Waals surface area contributed by atoms with Crippen molar-refractivity contribution < 1.29 is 37.7 Å². The maximum absolute atomic E-state index is 13.4. The van der Waals surface area contributed by atoms with Gasteiger partial charge in [0, 0.05) is 13.3 Å². The van der Waals surface area contributed by atoms with Crippen LogP contribution in [0.4, 0.5) is 8.78 Å². The zero-order valence-corrected chi connectivity index (χ0v) is 11.5. The Hall–Kier alpha value is -1.73. The van der Waals surface area contributed by atoms with Gasteiger partial charge in [-0.05, 0) is 12.3 Å². The van der Waals surface area contributed by atoms with E-state index in [1.807, 2.05) is 0 Å². The van der Waals surface area contributed by atoms with E-state index in [2.05, 4.69) is 9.47 Å². The minimum absolute atomic E-state index is 0.0356. The second-order valence-electron chi connectivity index (χ2n) is 4.53. The molecule has 6 nitrogen and oxygen atoms in total. The molecule has 116 valence electrons. The van der Waals surface area contributed by atoms with Gasteiger partial charge in [-0.2, -0.15) is 8.78 Å². The zero-order chi connectivity index (χ0) is 15.9. The third-order valence-electron chi connectivity index (χ3n) is 2.34. The van der Waals surface area contributed by atoms with Crippen LogP contribution in [-0.4, -0.2) is 41.6 Å². The van der Waals surface area contributed by atoms with Crippen molar-refractivity contribution in [3.8, 4) is 0 Å². The topological polar surface area (TPSA) is 89.9 Å². The molecule has 0 aromatic rings. The summed E-state index contributed by atoms with van der Waals surface area (Å²) in [6.45, 7) is 3.81. The smallest absolute Gasteiger partial charge is 0.378 e. The fraction of sp³-hybridized carbons (Fsp3) is 0.750. The molecular formula is C12H18F2O6. The molecule has 0 fully saturated rings. The highest BCUT2D eigenvalue weighted by atomic mass is 19.3. The largest absolute Gasteiger partial charge is 0.477 e. The van der Waals surface area contributed by atoms with Gasteiger partial charge < -0.3 is 14.6 Å². The molecule has 0 bridgehead atoms. The molecule has 0 heterocycles. The van der Waals surface area contributed by atoms with Crippen molar-refractivity contribution in [3.63, 3.8) is 0 Å². The summed E-state index contributed by atoms with van der Waals surface area (Å²) in [5.41, 5.74) is 0. The fourth-order valence-electron chi connectivity index (χ4n) is 1.38. The molecule has 0 radical (unpaired) electrons. The number of carboxylic acid groups (broad SMARTS) is 1. The Bertz CT molecular complexity index is 367. The number of rotatable bonds is 8. The molecule has 1 N–H and O–H groups in total. The van der Waals surface area contributed by atoms with Crippen LogP contribution in [0.1, 0.15) is 33.6 Å². The van der Waals surface area contributed by atoms with Gasteiger partial charge in [0.2, 0.25) is 0 Å². The summed E-state index contributed by atoms with van der Waals surface area (Å²) in [6, 6.07) is 0. The standard InChI is InChI=1S/C12H18F2O6/c1-7(2)10(12(13,14)11(17)18)20-9(16)5-4-6-19-8(3)15/h7,10H,4-6H2,1-3H3,(H,17,18). The lowest BCUT2D eigenvalue weighted by Gasteiger charge is -2.26. The molecule has 0 saturated heterocycles. The van der Waals surface area contributed by atoms with Crippen molar-refractivity contribution >= 4 is 17.9 Å². The van der Waals surface area contributed by atoms with Crippen LogP contribution in [0.25, 0.3) is 0 Å². The van der Waals surface area contributed by atoms with E-state index in [-0.39, 0.29) is 19.4 Å². The predicted octanol–water partition coefficient (Wildman–Crippen LogP) is 1.62. The first-order valence-corrected chi connectivity index (χ1v) is 6.03. The highest BCUT2D eigenvalue weighted by Crippen LogP contribution is 2.28. The van der Waals surface area contributed by atoms with Gasteiger partial charge in [-0.25, -0.2) is 4.79 Å². The molecule has 0 aliphatic rings. The van der Waals surface area contributed by atoms with Gasteiger partial charge in [0.15, 0.2) is 6.10 Å². The van der Waals surface area contributed by atoms with Crippen molar-refractivity contribution in [1.82, 2.24) is 0 Å². The van der Waals surface area contributed by atoms with E-state index in [1.54, 1.807) is 0 Å². The molecular weight excluding hydrogens is 278 g/mol. The molecule has 8 heteroatoms. The number of ether oxygens (including phenoxy) is 2. The van der Waals surface area contributed by atoms with Crippen molar-refractivity contribution in [2.75, 3.05) is 6.61 Å². The first-order chi connectivity index (χ1) is 9.09. The van der Waals surface area contributed by atoms with E-state index in [0.29, 0.717) is 0 Å². The summed E-state index contributed by atoms with van der Waals surface area (Å²) in [4.78, 5) is 32.3. The van der Waals surface area contributed by atoms with Crippen LogP contribution in [0.2, 0.25) is 0 Å². The van der Waals surface area contributed by atoms with Gasteiger partial charge in [-0.3, -0.25) is 9.59 Å². The third kappa shape index (κ3) is 5.94. The first kappa shape index (κ1) is 18.3. The number of hydrogen-bond donors (Lipinski definition) is 1. The van der Waals surface area contributed by atoms with E-state index in [0.717, 1.165) is 0 Å². The molecule has 0 rings (SSSR count). The summed E-state index contributed by atoms with van der Waals surface area (Å²) in [6.07, 6.45) is -2.17. The van der Waals surface area contributed by atoms with Gasteiger partial charge in [-0.1, -0.05) is 13.8 Å². The van der Waals surface area contributed by atoms with Crippen LogP contribution in [0.3, 0.4) is 0 Å². The average Bonchev–Trinajstić information content (AvgIpc) is 2.30. The minimum atomic E-state index is -4.15. The van der Waals surface area contributed by atoms with Gasteiger partial charge in [0.1, 0.15) is 0 Å². The molecule has 0 aromatic heterocycles. The van der Waals surface area contributed by atoms with Crippen molar-refractivity contribution in [1.29, 1.82) is 0 Å². The number of carboxylic acids is 1. The lowest BCUT2D eigenvalue weighted by molar-refractivity contribution is -0.199. The molecule has 0 aliphatic carbocycles. The Kier molecular flexibility index (Phi) is 7.09. The highest BCUT2D eigenvalue weighted by Gasteiger charge is 2.51. The van der Waals surface area contributed by atoms with Crippen molar-refractivity contribution in [2.24, 2.45) is 5.92 Å². The number of carbonyl (C=O) groups is 3. The molecule has 0 spiro atoms. The molecule has 20 heavy (non-hydrogen) atoms. The molecule has 1 unspecified atom stereocenters. The van der Waals surface area contributed by atoms with Gasteiger partial charge in [-0.15, -0.1) is 0 Å². The number of carbonyl (C=O) groups excluding carboxylic acids is 2. The summed E-state index contributed by atoms with van der Waals surface area (Å²) in [7, 11) is 0. The fourth-order valence-corrected chi connectivity index (χ4v) is 1.38. The van der Waals surface area contributed by atoms with Crippen LogP contribution in [0.5, 0.6) is 0 Å². The summed E-state index contributed by atoms with van der Waals surface area (Å²) in [5.74, 6) is -8.84. The second-order valence-corrected chi connectivity index (χ2v) is 4.53. The molecule has 1 atom stereocenters. The first-order valence-electron chi connectivity index (χ1n) is 6.03. The van der Waals surface area contributed by atoms with Crippen LogP contribution >= 0.6 is 0 Å². The SMILES string of the molecule is CC(=O)OCCCC(=O)OC(C(C)C)C(F)(F)C(=O)O. The summed E-state index contributed by atoms with van der Waals surface area (Å²) in [5, 5.41) is 8.45. The van der Waals surface area contributed by atoms with E-state index in [9.17, 15) is 23.2 Å². The average molecular weight is 296 g/mol. The van der Waals surface area contributed by atoms with Gasteiger partial charge >= 0.3 is 23.8 Å². The Morgan fingerprint density at radius 1 is 1.25 bits per heavy atom. The minimum Gasteiger partial charge on any atom is -0.477 e. The van der Waals surface area contributed by atoms with E-state index in [4.69, 9.17) is 5.11 Å². The normalized spacial score (nSPS) is 12.9. The predicted molar refractivity (Wildman–Crippen MR) is 63.2 cm³/mol. The van der Waals surface area contributed by atoms with Crippen molar-refractivity contribution in [2.45, 2.75) is 45.6 Å². The molecule has 0 amide bonds. The van der Waals surface area contributed by atoms with Gasteiger partial charge in [0.25, 0.3) is 0 Å². The molecule has 0 aromatic carbocycles. The van der Waals surface area contributed by atoms with Crippen LogP contribution in [0.15, 0.2) is 0 Å². The van der Waals surface area contributed by atoms with Crippen LogP contribution in [0, 0.1) is 5.92 Å². The highest BCUT2D eigenvalue weighted by molar-refractivity contribution is 5.77. The number of esters is 2. The maximum Gasteiger partial charge on any atom is 0.378 e. The zero-order valence-electron chi connectivity index (χ0n) is 11.5. The Labute approximate surface area is 115 Å². The maximum atomic E-state index is 13.4. The Balaban J connectivity index is 4.43. The Morgan fingerprint density at radius 3 is 2.20 bits per heavy atom. The third-order valence-corrected chi connectivity index (χ3v) is 2.34. The lowest BCUT2D eigenvalue weighted by Crippen LogP contribution is -2.47. The summed E-state index contributed by atoms with van der Waals surface area (Å²) >= 11 is 0. The number of halogens is 2. The van der Waals surface area contributed by atoms with Crippen LogP contribution in [-0.2, 0) is 23.9 Å². The van der Waals surface area contributed by atoms with Crippen LogP contribution < -0.4 is 0 Å². The van der Waals surface area contributed by atoms with E-state index < -0.39 is 35.9 Å². The summed E-state index contributed by atoms with van der Waals surface area (Å²) < 4.78 is 35.8.